The third-order valence-electron chi connectivity index (χ3n) is 7.79. The number of nitrogens with zero attached hydrogens (tertiary/aromatic N) is 1. The fourth-order valence-electron chi connectivity index (χ4n) is 5.77. The molecule has 0 saturated carbocycles. The highest BCUT2D eigenvalue weighted by Crippen LogP contribution is 2.53. The first-order chi connectivity index (χ1) is 20.9. The Morgan fingerprint density at radius 3 is 2.44 bits per heavy atom. The summed E-state index contributed by atoms with van der Waals surface area (Å²) in [5.41, 5.74) is 3.06. The number of H-pyrrole nitrogens is 1. The number of imide groups is 1. The number of ether oxygens (including phenoxy) is 1. The lowest BCUT2D eigenvalue weighted by molar-refractivity contribution is -0.122. The number of thiazole rings is 1. The summed E-state index contributed by atoms with van der Waals surface area (Å²) < 4.78 is 5.78. The summed E-state index contributed by atoms with van der Waals surface area (Å²) in [7, 11) is 0. The number of rotatable bonds is 6. The van der Waals surface area contributed by atoms with Crippen molar-refractivity contribution in [2.75, 3.05) is 16.8 Å². The van der Waals surface area contributed by atoms with E-state index in [1.165, 1.54) is 16.7 Å². The summed E-state index contributed by atoms with van der Waals surface area (Å²) in [5.74, 6) is -1.54. The standard InChI is InChI=1S/C33H25N3O5S2/c1-18-9-13-21(14-10-18)36-31(38)27-26(28-30(35-33(40)43-28)42-29(27)32(36)39)20-11-15-22(16-12-20)41-17-25(37)34-24-8-4-6-19-5-2-3-7-23(19)24/h2-16,26-27,29H,17H2,1H3,(H,34,37)(H,35,40). The lowest BCUT2D eigenvalue weighted by Crippen LogP contribution is -2.32. The molecule has 0 bridgehead atoms. The first kappa shape index (κ1) is 27.2. The zero-order valence-electron chi connectivity index (χ0n) is 22.9. The minimum atomic E-state index is -0.670. The van der Waals surface area contributed by atoms with Gasteiger partial charge in [-0.3, -0.25) is 19.2 Å². The van der Waals surface area contributed by atoms with Crippen molar-refractivity contribution in [1.29, 1.82) is 0 Å². The van der Waals surface area contributed by atoms with Crippen LogP contribution in [0.2, 0.25) is 0 Å². The second kappa shape index (κ2) is 10.9. The third kappa shape index (κ3) is 4.92. The van der Waals surface area contributed by atoms with Crippen molar-refractivity contribution < 1.29 is 19.1 Å². The van der Waals surface area contributed by atoms with E-state index >= 15 is 0 Å². The molecule has 1 aromatic heterocycles. The number of nitrogens with one attached hydrogen (secondary N) is 2. The van der Waals surface area contributed by atoms with Crippen LogP contribution in [0.3, 0.4) is 0 Å². The Morgan fingerprint density at radius 2 is 1.65 bits per heavy atom. The number of carbonyl (C=O) groups excluding carboxylic acids is 3. The molecule has 3 atom stereocenters. The highest BCUT2D eigenvalue weighted by atomic mass is 32.2. The molecule has 0 spiro atoms. The van der Waals surface area contributed by atoms with Crippen LogP contribution in [0.5, 0.6) is 5.75 Å². The molecule has 5 aromatic rings. The van der Waals surface area contributed by atoms with Gasteiger partial charge < -0.3 is 15.0 Å². The molecule has 3 unspecified atom stereocenters. The fraction of sp³-hybridized carbons (Fsp3) is 0.152. The Kier molecular flexibility index (Phi) is 6.87. The lowest BCUT2D eigenvalue weighted by Gasteiger charge is -2.29. The van der Waals surface area contributed by atoms with Crippen molar-refractivity contribution in [3.8, 4) is 5.75 Å². The van der Waals surface area contributed by atoms with Crippen molar-refractivity contribution in [2.45, 2.75) is 23.1 Å². The van der Waals surface area contributed by atoms with Crippen LogP contribution in [0, 0.1) is 12.8 Å². The van der Waals surface area contributed by atoms with Gasteiger partial charge in [-0.25, -0.2) is 4.90 Å². The van der Waals surface area contributed by atoms with E-state index in [0.29, 0.717) is 22.2 Å². The average molecular weight is 608 g/mol. The number of benzene rings is 4. The van der Waals surface area contributed by atoms with Crippen molar-refractivity contribution in [1.82, 2.24) is 4.98 Å². The molecular weight excluding hydrogens is 583 g/mol. The topological polar surface area (TPSA) is 109 Å². The van der Waals surface area contributed by atoms with E-state index in [9.17, 15) is 19.2 Å². The van der Waals surface area contributed by atoms with Gasteiger partial charge in [0.25, 0.3) is 5.91 Å². The van der Waals surface area contributed by atoms with Crippen LogP contribution >= 0.6 is 23.1 Å². The van der Waals surface area contributed by atoms with Crippen LogP contribution in [0.4, 0.5) is 11.4 Å². The molecule has 4 aromatic carbocycles. The third-order valence-corrected chi connectivity index (χ3v) is 10.2. The van der Waals surface area contributed by atoms with Crippen LogP contribution in [0.1, 0.15) is 21.9 Å². The van der Waals surface area contributed by atoms with Crippen LogP contribution < -0.4 is 19.8 Å². The molecule has 1 fully saturated rings. The van der Waals surface area contributed by atoms with E-state index in [4.69, 9.17) is 4.74 Å². The number of carbonyl (C=O) groups is 3. The molecule has 7 rings (SSSR count). The highest BCUT2D eigenvalue weighted by Gasteiger charge is 2.56. The Labute approximate surface area is 254 Å². The van der Waals surface area contributed by atoms with E-state index in [-0.39, 0.29) is 29.2 Å². The van der Waals surface area contributed by atoms with Gasteiger partial charge in [0.05, 0.1) is 16.6 Å². The van der Waals surface area contributed by atoms with Gasteiger partial charge in [0.15, 0.2) is 6.61 Å². The number of fused-ring (bicyclic) bond motifs is 3. The second-order valence-electron chi connectivity index (χ2n) is 10.5. The SMILES string of the molecule is Cc1ccc(N2C(=O)C3Sc4[nH]c(=O)sc4C(c4ccc(OCC(=O)Nc5cccc6ccccc56)cc4)C3C2=O)cc1. The van der Waals surface area contributed by atoms with E-state index in [1.54, 1.807) is 24.3 Å². The number of aromatic amines is 1. The van der Waals surface area contributed by atoms with Crippen LogP contribution in [0.15, 0.2) is 101 Å². The van der Waals surface area contributed by atoms with Crippen LogP contribution in [0.25, 0.3) is 10.8 Å². The summed E-state index contributed by atoms with van der Waals surface area (Å²) >= 11 is 2.32. The quantitative estimate of drug-likeness (QED) is 0.240. The summed E-state index contributed by atoms with van der Waals surface area (Å²) in [5, 5.41) is 4.85. The van der Waals surface area contributed by atoms with Crippen molar-refractivity contribution in [2.24, 2.45) is 5.92 Å². The molecular formula is C33H25N3O5S2. The van der Waals surface area contributed by atoms with Crippen LogP contribution in [-0.2, 0) is 14.4 Å². The smallest absolute Gasteiger partial charge is 0.305 e. The molecule has 2 aliphatic rings. The van der Waals surface area contributed by atoms with Gasteiger partial charge >= 0.3 is 4.87 Å². The molecule has 0 aliphatic carbocycles. The Balaban J connectivity index is 1.12. The van der Waals surface area contributed by atoms with Crippen molar-refractivity contribution in [3.63, 3.8) is 0 Å². The molecule has 0 radical (unpaired) electrons. The van der Waals surface area contributed by atoms with Gasteiger partial charge in [-0.2, -0.15) is 0 Å². The van der Waals surface area contributed by atoms with E-state index < -0.39 is 17.1 Å². The summed E-state index contributed by atoms with van der Waals surface area (Å²) in [4.78, 5) is 57.1. The predicted octanol–water partition coefficient (Wildman–Crippen LogP) is 5.71. The number of anilines is 2. The maximum atomic E-state index is 13.9. The average Bonchev–Trinajstić information content (AvgIpc) is 3.51. The van der Waals surface area contributed by atoms with Gasteiger partial charge in [0.1, 0.15) is 11.0 Å². The Bertz CT molecular complexity index is 1940. The first-order valence-electron chi connectivity index (χ1n) is 13.7. The molecule has 8 nitrogen and oxygen atoms in total. The normalized spacial score (nSPS) is 19.3. The number of thioether (sulfide) groups is 1. The number of aromatic nitrogens is 1. The number of amides is 3. The number of hydrogen-bond acceptors (Lipinski definition) is 7. The van der Waals surface area contributed by atoms with Crippen LogP contribution in [-0.4, -0.2) is 34.6 Å². The molecule has 43 heavy (non-hydrogen) atoms. The Morgan fingerprint density at radius 1 is 0.907 bits per heavy atom. The monoisotopic (exact) mass is 607 g/mol. The molecule has 10 heteroatoms. The molecule has 2 N–H and O–H groups in total. The fourth-order valence-corrected chi connectivity index (χ4v) is 8.28. The van der Waals surface area contributed by atoms with Gasteiger partial charge in [0.2, 0.25) is 11.8 Å². The zero-order chi connectivity index (χ0) is 29.7. The number of hydrogen-bond donors (Lipinski definition) is 2. The molecule has 2 aliphatic heterocycles. The zero-order valence-corrected chi connectivity index (χ0v) is 24.5. The summed E-state index contributed by atoms with van der Waals surface area (Å²) in [6.07, 6.45) is 0. The van der Waals surface area contributed by atoms with Gasteiger partial charge in [-0.05, 0) is 48.2 Å². The molecule has 214 valence electrons. The largest absolute Gasteiger partial charge is 0.484 e. The summed E-state index contributed by atoms with van der Waals surface area (Å²) in [6.45, 7) is 1.76. The number of aryl methyl sites for hydroxylation is 1. The van der Waals surface area contributed by atoms with E-state index in [1.807, 2.05) is 73.7 Å². The van der Waals surface area contributed by atoms with Crippen molar-refractivity contribution >= 4 is 63.0 Å². The summed E-state index contributed by atoms with van der Waals surface area (Å²) in [6, 6.07) is 28.0. The van der Waals surface area contributed by atoms with E-state index in [0.717, 1.165) is 38.1 Å². The Hall–Kier alpha value is -4.67. The van der Waals surface area contributed by atoms with Crippen molar-refractivity contribution in [3.05, 3.63) is 117 Å². The molecule has 3 heterocycles. The maximum absolute atomic E-state index is 13.9. The minimum Gasteiger partial charge on any atom is -0.484 e. The van der Waals surface area contributed by atoms with Gasteiger partial charge in [0, 0.05) is 21.9 Å². The second-order valence-corrected chi connectivity index (χ2v) is 12.7. The predicted molar refractivity (Wildman–Crippen MR) is 168 cm³/mol. The molecule has 3 amide bonds. The van der Waals surface area contributed by atoms with Gasteiger partial charge in [-0.1, -0.05) is 89.3 Å². The maximum Gasteiger partial charge on any atom is 0.305 e. The van der Waals surface area contributed by atoms with E-state index in [2.05, 4.69) is 10.3 Å². The first-order valence-corrected chi connectivity index (χ1v) is 15.4. The highest BCUT2D eigenvalue weighted by molar-refractivity contribution is 8.00. The minimum absolute atomic E-state index is 0.185. The van der Waals surface area contributed by atoms with Gasteiger partial charge in [-0.15, -0.1) is 0 Å². The lowest BCUT2D eigenvalue weighted by atomic mass is 9.83. The molecule has 1 saturated heterocycles.